The first-order chi connectivity index (χ1) is 14.0. The summed E-state index contributed by atoms with van der Waals surface area (Å²) in [6, 6.07) is 4.60. The first-order valence-electron chi connectivity index (χ1n) is 8.06. The molecule has 170 valence electrons. The number of anilines is 2. The molecule has 0 bridgehead atoms. The standard InChI is InChI=1S/C16H13F7N4O3S/c1-8-7-9(2)25-13(24-8)27-31(29,30)11-5-3-10(4-6-11)26-12(28)14(17,18)15(19,20)16(21,22)23/h3-7H,1-2H3,(H,26,28)(H,24,25,27). The van der Waals surface area contributed by atoms with Crippen LogP contribution in [0.15, 0.2) is 35.2 Å². The number of aromatic nitrogens is 2. The van der Waals surface area contributed by atoms with E-state index < -0.39 is 44.5 Å². The van der Waals surface area contributed by atoms with Crippen molar-refractivity contribution in [3.63, 3.8) is 0 Å². The molecular formula is C16H13F7N4O3S. The van der Waals surface area contributed by atoms with Crippen molar-refractivity contribution in [1.82, 2.24) is 9.97 Å². The highest BCUT2D eigenvalue weighted by Gasteiger charge is 2.76. The molecule has 1 aromatic carbocycles. The highest BCUT2D eigenvalue weighted by atomic mass is 32.2. The first kappa shape index (κ1) is 24.3. The lowest BCUT2D eigenvalue weighted by Gasteiger charge is -2.27. The molecule has 0 radical (unpaired) electrons. The number of hydrogen-bond donors (Lipinski definition) is 2. The lowest BCUT2D eigenvalue weighted by molar-refractivity contribution is -0.343. The lowest BCUT2D eigenvalue weighted by atomic mass is 10.1. The summed E-state index contributed by atoms with van der Waals surface area (Å²) < 4.78 is 116. The van der Waals surface area contributed by atoms with Gasteiger partial charge in [-0.05, 0) is 44.2 Å². The van der Waals surface area contributed by atoms with Crippen LogP contribution in [-0.2, 0) is 14.8 Å². The van der Waals surface area contributed by atoms with Gasteiger partial charge >= 0.3 is 23.9 Å². The van der Waals surface area contributed by atoms with Gasteiger partial charge < -0.3 is 5.32 Å². The van der Waals surface area contributed by atoms with E-state index in [1.54, 1.807) is 19.9 Å². The molecule has 0 aliphatic rings. The molecule has 0 saturated heterocycles. The topological polar surface area (TPSA) is 101 Å². The Bertz CT molecular complexity index is 1070. The minimum Gasteiger partial charge on any atom is -0.321 e. The molecule has 0 aliphatic heterocycles. The van der Waals surface area contributed by atoms with Crippen LogP contribution in [0.1, 0.15) is 11.4 Å². The van der Waals surface area contributed by atoms with Crippen molar-refractivity contribution in [2.75, 3.05) is 10.0 Å². The average molecular weight is 474 g/mol. The van der Waals surface area contributed by atoms with E-state index in [4.69, 9.17) is 0 Å². The quantitative estimate of drug-likeness (QED) is 0.623. The summed E-state index contributed by atoms with van der Waals surface area (Å²) in [4.78, 5) is 18.6. The number of aryl methyl sites for hydroxylation is 2. The highest BCUT2D eigenvalue weighted by molar-refractivity contribution is 7.92. The zero-order valence-corrected chi connectivity index (χ0v) is 16.4. The van der Waals surface area contributed by atoms with Gasteiger partial charge in [-0.2, -0.15) is 30.7 Å². The van der Waals surface area contributed by atoms with Crippen LogP contribution < -0.4 is 10.0 Å². The van der Waals surface area contributed by atoms with Gasteiger partial charge in [-0.15, -0.1) is 0 Å². The molecule has 0 aliphatic carbocycles. The molecule has 31 heavy (non-hydrogen) atoms. The second kappa shape index (κ2) is 7.94. The Kier molecular flexibility index (Phi) is 6.22. The van der Waals surface area contributed by atoms with E-state index in [1.807, 2.05) is 0 Å². The largest absolute Gasteiger partial charge is 0.460 e. The SMILES string of the molecule is Cc1cc(C)nc(NS(=O)(=O)c2ccc(NC(=O)C(F)(F)C(F)(F)C(F)(F)F)cc2)n1. The summed E-state index contributed by atoms with van der Waals surface area (Å²) in [5.41, 5.74) is 0.268. The fourth-order valence-electron chi connectivity index (χ4n) is 2.20. The normalized spacial score (nSPS) is 13.1. The minimum absolute atomic E-state index is 0.260. The van der Waals surface area contributed by atoms with E-state index >= 15 is 0 Å². The van der Waals surface area contributed by atoms with Crippen LogP contribution in [0, 0.1) is 13.8 Å². The second-order valence-corrected chi connectivity index (χ2v) is 7.89. The maximum Gasteiger partial charge on any atom is 0.460 e. The van der Waals surface area contributed by atoms with E-state index in [1.165, 1.54) is 5.32 Å². The van der Waals surface area contributed by atoms with Gasteiger partial charge in [0.25, 0.3) is 10.0 Å². The molecule has 0 spiro atoms. The number of halogens is 7. The fraction of sp³-hybridized carbons (Fsp3) is 0.312. The number of amides is 1. The average Bonchev–Trinajstić information content (AvgIpc) is 2.59. The van der Waals surface area contributed by atoms with Crippen molar-refractivity contribution in [3.05, 3.63) is 41.7 Å². The summed E-state index contributed by atoms with van der Waals surface area (Å²) in [6.45, 7) is 3.17. The number of carbonyl (C=O) groups excluding carboxylic acids is 1. The summed E-state index contributed by atoms with van der Waals surface area (Å²) >= 11 is 0. The van der Waals surface area contributed by atoms with Crippen molar-refractivity contribution >= 4 is 27.6 Å². The van der Waals surface area contributed by atoms with Gasteiger partial charge in [0.2, 0.25) is 5.95 Å². The Hall–Kier alpha value is -2.97. The van der Waals surface area contributed by atoms with Crippen LogP contribution >= 0.6 is 0 Å². The van der Waals surface area contributed by atoms with Crippen molar-refractivity contribution < 1.29 is 43.9 Å². The maximum absolute atomic E-state index is 13.4. The monoisotopic (exact) mass is 474 g/mol. The fourth-order valence-corrected chi connectivity index (χ4v) is 3.14. The Morgan fingerprint density at radius 2 is 1.39 bits per heavy atom. The van der Waals surface area contributed by atoms with Crippen molar-refractivity contribution in [2.24, 2.45) is 0 Å². The maximum atomic E-state index is 13.4. The number of carbonyl (C=O) groups is 1. The Balaban J connectivity index is 2.20. The highest BCUT2D eigenvalue weighted by Crippen LogP contribution is 2.46. The molecular weight excluding hydrogens is 461 g/mol. The van der Waals surface area contributed by atoms with E-state index in [-0.39, 0.29) is 5.95 Å². The van der Waals surface area contributed by atoms with Gasteiger partial charge in [0.1, 0.15) is 0 Å². The van der Waals surface area contributed by atoms with Crippen LogP contribution in [0.3, 0.4) is 0 Å². The predicted molar refractivity (Wildman–Crippen MR) is 93.3 cm³/mol. The number of benzene rings is 1. The molecule has 0 unspecified atom stereocenters. The number of nitrogens with one attached hydrogen (secondary N) is 2. The number of nitrogens with zero attached hydrogens (tertiary/aromatic N) is 2. The molecule has 2 aromatic rings. The van der Waals surface area contributed by atoms with Crippen LogP contribution in [0.2, 0.25) is 0 Å². The summed E-state index contributed by atoms with van der Waals surface area (Å²) in [6.07, 6.45) is -6.67. The molecule has 15 heteroatoms. The number of hydrogen-bond acceptors (Lipinski definition) is 5. The van der Waals surface area contributed by atoms with Gasteiger partial charge in [0.15, 0.2) is 0 Å². The number of sulfonamides is 1. The molecule has 1 aromatic heterocycles. The smallest absolute Gasteiger partial charge is 0.321 e. The molecule has 1 amide bonds. The van der Waals surface area contributed by atoms with E-state index in [2.05, 4.69) is 14.7 Å². The van der Waals surface area contributed by atoms with Crippen molar-refractivity contribution in [1.29, 1.82) is 0 Å². The second-order valence-electron chi connectivity index (χ2n) is 6.20. The molecule has 1 heterocycles. The van der Waals surface area contributed by atoms with Gasteiger partial charge in [-0.1, -0.05) is 0 Å². The zero-order valence-electron chi connectivity index (χ0n) is 15.6. The predicted octanol–water partition coefficient (Wildman–Crippen LogP) is 3.67. The van der Waals surface area contributed by atoms with Crippen LogP contribution in [0.5, 0.6) is 0 Å². The Labute approximate surface area is 170 Å². The van der Waals surface area contributed by atoms with Gasteiger partial charge in [-0.25, -0.2) is 23.1 Å². The molecule has 0 saturated carbocycles. The third-order valence-corrected chi connectivity index (χ3v) is 5.01. The molecule has 2 N–H and O–H groups in total. The van der Waals surface area contributed by atoms with Crippen LogP contribution in [-0.4, -0.2) is 42.3 Å². The van der Waals surface area contributed by atoms with Crippen molar-refractivity contribution in [2.45, 2.75) is 36.8 Å². The van der Waals surface area contributed by atoms with Gasteiger partial charge in [-0.3, -0.25) is 4.79 Å². The van der Waals surface area contributed by atoms with E-state index in [0.29, 0.717) is 11.4 Å². The van der Waals surface area contributed by atoms with Crippen molar-refractivity contribution in [3.8, 4) is 0 Å². The van der Waals surface area contributed by atoms with Crippen LogP contribution in [0.4, 0.5) is 42.4 Å². The third kappa shape index (κ3) is 5.03. The Morgan fingerprint density at radius 1 is 0.903 bits per heavy atom. The van der Waals surface area contributed by atoms with Gasteiger partial charge in [0, 0.05) is 17.1 Å². The molecule has 2 rings (SSSR count). The molecule has 0 atom stereocenters. The third-order valence-electron chi connectivity index (χ3n) is 3.67. The lowest BCUT2D eigenvalue weighted by Crippen LogP contribution is -2.57. The van der Waals surface area contributed by atoms with Gasteiger partial charge in [0.05, 0.1) is 4.90 Å². The minimum atomic E-state index is -6.67. The van der Waals surface area contributed by atoms with Crippen LogP contribution in [0.25, 0.3) is 0 Å². The summed E-state index contributed by atoms with van der Waals surface area (Å²) in [5.74, 6) is -15.9. The number of alkyl halides is 7. The molecule has 7 nitrogen and oxygen atoms in total. The van der Waals surface area contributed by atoms with E-state index in [9.17, 15) is 43.9 Å². The molecule has 0 fully saturated rings. The zero-order chi connectivity index (χ0) is 23.8. The summed E-state index contributed by atoms with van der Waals surface area (Å²) in [5, 5.41) is 1.19. The van der Waals surface area contributed by atoms with E-state index in [0.717, 1.165) is 24.3 Å². The Morgan fingerprint density at radius 3 is 1.84 bits per heavy atom. The summed E-state index contributed by atoms with van der Waals surface area (Å²) in [7, 11) is -4.27. The first-order valence-corrected chi connectivity index (χ1v) is 9.54. The number of rotatable bonds is 6.